The summed E-state index contributed by atoms with van der Waals surface area (Å²) in [6.45, 7) is 4.36. The Hall–Kier alpha value is -3.14. The van der Waals surface area contributed by atoms with Gasteiger partial charge >= 0.3 is 0 Å². The largest absolute Gasteiger partial charge is 0.321 e. The third-order valence-corrected chi connectivity index (χ3v) is 5.80. The molecule has 2 aliphatic heterocycles. The van der Waals surface area contributed by atoms with E-state index in [4.69, 9.17) is 0 Å². The SMILES string of the molecule is CCCCc1ccc(C2=C3C(=O)NC(c4ccc(CCCC)cc4)=C3C(=O)N2)cc1. The second-order valence-electron chi connectivity index (χ2n) is 8.01. The summed E-state index contributed by atoms with van der Waals surface area (Å²) in [5.41, 5.74) is 6.36. The Morgan fingerprint density at radius 1 is 0.600 bits per heavy atom. The average molecular weight is 401 g/mol. The fraction of sp³-hybridized carbons (Fsp3) is 0.308. The highest BCUT2D eigenvalue weighted by atomic mass is 16.2. The minimum Gasteiger partial charge on any atom is -0.321 e. The van der Waals surface area contributed by atoms with Crippen molar-refractivity contribution in [3.63, 3.8) is 0 Å². The Morgan fingerprint density at radius 2 is 0.967 bits per heavy atom. The van der Waals surface area contributed by atoms with Gasteiger partial charge in [-0.2, -0.15) is 0 Å². The van der Waals surface area contributed by atoms with Crippen molar-refractivity contribution in [1.82, 2.24) is 10.6 Å². The third kappa shape index (κ3) is 3.82. The van der Waals surface area contributed by atoms with E-state index in [1.165, 1.54) is 11.1 Å². The van der Waals surface area contributed by atoms with Crippen LogP contribution in [0.1, 0.15) is 61.8 Å². The van der Waals surface area contributed by atoms with Gasteiger partial charge in [0.1, 0.15) is 0 Å². The first-order chi connectivity index (χ1) is 14.6. The van der Waals surface area contributed by atoms with Crippen LogP contribution in [-0.4, -0.2) is 11.8 Å². The first kappa shape index (κ1) is 20.1. The number of aryl methyl sites for hydroxylation is 2. The molecule has 2 N–H and O–H groups in total. The van der Waals surface area contributed by atoms with Crippen LogP contribution in [0.3, 0.4) is 0 Å². The monoisotopic (exact) mass is 400 g/mol. The normalized spacial score (nSPS) is 15.5. The molecular formula is C26H28N2O2. The predicted octanol–water partition coefficient (Wildman–Crippen LogP) is 4.75. The molecule has 0 unspecified atom stereocenters. The van der Waals surface area contributed by atoms with E-state index in [-0.39, 0.29) is 11.8 Å². The van der Waals surface area contributed by atoms with E-state index in [2.05, 4.69) is 48.7 Å². The highest BCUT2D eigenvalue weighted by molar-refractivity contribution is 6.30. The molecule has 2 aromatic carbocycles. The second kappa shape index (κ2) is 8.70. The van der Waals surface area contributed by atoms with E-state index in [9.17, 15) is 9.59 Å². The highest BCUT2D eigenvalue weighted by Gasteiger charge is 2.40. The Bertz CT molecular complexity index is 942. The van der Waals surface area contributed by atoms with Crippen LogP contribution in [0.25, 0.3) is 11.4 Å². The smallest absolute Gasteiger partial charge is 0.258 e. The molecule has 0 spiro atoms. The molecule has 2 aliphatic rings. The summed E-state index contributed by atoms with van der Waals surface area (Å²) in [7, 11) is 0. The molecule has 2 aromatic rings. The van der Waals surface area contributed by atoms with Crippen molar-refractivity contribution in [3.05, 3.63) is 81.9 Å². The lowest BCUT2D eigenvalue weighted by atomic mass is 9.99. The van der Waals surface area contributed by atoms with Crippen molar-refractivity contribution < 1.29 is 9.59 Å². The molecule has 0 aliphatic carbocycles. The molecule has 0 radical (unpaired) electrons. The number of carbonyl (C=O) groups excluding carboxylic acids is 2. The zero-order valence-corrected chi connectivity index (χ0v) is 17.7. The number of unbranched alkanes of at least 4 members (excludes halogenated alkanes) is 2. The van der Waals surface area contributed by atoms with Crippen molar-refractivity contribution in [3.8, 4) is 0 Å². The molecule has 30 heavy (non-hydrogen) atoms. The Kier molecular flexibility index (Phi) is 5.84. The van der Waals surface area contributed by atoms with Gasteiger partial charge in [-0.05, 0) is 47.9 Å². The minimum atomic E-state index is -0.224. The predicted molar refractivity (Wildman–Crippen MR) is 120 cm³/mol. The van der Waals surface area contributed by atoms with Gasteiger partial charge in [-0.25, -0.2) is 0 Å². The van der Waals surface area contributed by atoms with E-state index in [0.717, 1.165) is 49.7 Å². The molecule has 0 atom stereocenters. The van der Waals surface area contributed by atoms with Crippen molar-refractivity contribution >= 4 is 23.2 Å². The quantitative estimate of drug-likeness (QED) is 0.672. The number of amides is 2. The molecule has 0 bridgehead atoms. The van der Waals surface area contributed by atoms with E-state index in [0.29, 0.717) is 22.5 Å². The van der Waals surface area contributed by atoms with Gasteiger partial charge in [0.15, 0.2) is 0 Å². The first-order valence-electron chi connectivity index (χ1n) is 10.9. The molecule has 0 saturated carbocycles. The van der Waals surface area contributed by atoms with E-state index in [1.807, 2.05) is 24.3 Å². The lowest BCUT2D eigenvalue weighted by molar-refractivity contribution is -0.117. The Morgan fingerprint density at radius 3 is 1.30 bits per heavy atom. The summed E-state index contributed by atoms with van der Waals surface area (Å²) in [5, 5.41) is 5.85. The number of nitrogens with one attached hydrogen (secondary N) is 2. The molecule has 154 valence electrons. The van der Waals surface area contributed by atoms with Crippen LogP contribution in [-0.2, 0) is 22.4 Å². The van der Waals surface area contributed by atoms with Crippen LogP contribution in [0.15, 0.2) is 59.7 Å². The summed E-state index contributed by atoms with van der Waals surface area (Å²) >= 11 is 0. The van der Waals surface area contributed by atoms with Gasteiger partial charge in [0.05, 0.1) is 22.5 Å². The maximum Gasteiger partial charge on any atom is 0.258 e. The summed E-state index contributed by atoms with van der Waals surface area (Å²) in [5.74, 6) is -0.447. The van der Waals surface area contributed by atoms with Crippen molar-refractivity contribution in [2.75, 3.05) is 0 Å². The molecule has 2 heterocycles. The molecule has 4 heteroatoms. The van der Waals surface area contributed by atoms with Crippen molar-refractivity contribution in [2.24, 2.45) is 0 Å². The maximum atomic E-state index is 12.8. The Balaban J connectivity index is 1.66. The van der Waals surface area contributed by atoms with Gasteiger partial charge in [-0.3, -0.25) is 9.59 Å². The van der Waals surface area contributed by atoms with Crippen LogP contribution in [0.4, 0.5) is 0 Å². The van der Waals surface area contributed by atoms with Gasteiger partial charge in [-0.1, -0.05) is 75.2 Å². The molecule has 0 fully saturated rings. The number of fused-ring (bicyclic) bond motifs is 1. The third-order valence-electron chi connectivity index (χ3n) is 5.80. The fourth-order valence-electron chi connectivity index (χ4n) is 4.05. The summed E-state index contributed by atoms with van der Waals surface area (Å²) in [4.78, 5) is 25.6. The van der Waals surface area contributed by atoms with Gasteiger partial charge in [0.2, 0.25) is 0 Å². The van der Waals surface area contributed by atoms with Gasteiger partial charge in [0, 0.05) is 0 Å². The number of hydrogen-bond acceptors (Lipinski definition) is 2. The average Bonchev–Trinajstić information content (AvgIpc) is 3.30. The number of hydrogen-bond donors (Lipinski definition) is 2. The van der Waals surface area contributed by atoms with E-state index < -0.39 is 0 Å². The Labute approximate surface area is 178 Å². The standard InChI is InChI=1S/C26H28N2O2/c1-3-5-7-17-9-13-19(14-10-17)23-21-22(26(30)27-23)24(28-25(21)29)20-15-11-18(12-16-20)8-6-4-2/h9-16H,3-8H2,1-2H3,(H,27,30)(H,28,29). The van der Waals surface area contributed by atoms with Gasteiger partial charge in [-0.15, -0.1) is 0 Å². The molecule has 0 aromatic heterocycles. The zero-order chi connectivity index (χ0) is 21.1. The van der Waals surface area contributed by atoms with Gasteiger partial charge in [0.25, 0.3) is 11.8 Å². The lowest BCUT2D eigenvalue weighted by Gasteiger charge is -2.09. The second-order valence-corrected chi connectivity index (χ2v) is 8.01. The topological polar surface area (TPSA) is 58.2 Å². The zero-order valence-electron chi connectivity index (χ0n) is 17.7. The van der Waals surface area contributed by atoms with E-state index in [1.54, 1.807) is 0 Å². The maximum absolute atomic E-state index is 12.8. The number of benzene rings is 2. The molecular weight excluding hydrogens is 372 g/mol. The highest BCUT2D eigenvalue weighted by Crippen LogP contribution is 2.37. The van der Waals surface area contributed by atoms with Gasteiger partial charge < -0.3 is 10.6 Å². The first-order valence-corrected chi connectivity index (χ1v) is 10.9. The molecule has 4 rings (SSSR count). The lowest BCUT2D eigenvalue weighted by Crippen LogP contribution is -2.21. The van der Waals surface area contributed by atoms with Crippen molar-refractivity contribution in [1.29, 1.82) is 0 Å². The summed E-state index contributed by atoms with van der Waals surface area (Å²) < 4.78 is 0. The minimum absolute atomic E-state index is 0.224. The summed E-state index contributed by atoms with van der Waals surface area (Å²) in [6.07, 6.45) is 6.70. The fourth-order valence-corrected chi connectivity index (χ4v) is 4.05. The molecule has 2 amide bonds. The van der Waals surface area contributed by atoms with E-state index >= 15 is 0 Å². The van der Waals surface area contributed by atoms with Crippen LogP contribution < -0.4 is 10.6 Å². The van der Waals surface area contributed by atoms with Crippen LogP contribution in [0.2, 0.25) is 0 Å². The summed E-state index contributed by atoms with van der Waals surface area (Å²) in [6, 6.07) is 16.3. The number of rotatable bonds is 8. The van der Waals surface area contributed by atoms with Crippen molar-refractivity contribution in [2.45, 2.75) is 52.4 Å². The molecule has 4 nitrogen and oxygen atoms in total. The molecule has 0 saturated heterocycles. The van der Waals surface area contributed by atoms with Crippen LogP contribution >= 0.6 is 0 Å². The van der Waals surface area contributed by atoms with Crippen LogP contribution in [0.5, 0.6) is 0 Å². The number of carbonyl (C=O) groups is 2. The van der Waals surface area contributed by atoms with Crippen LogP contribution in [0, 0.1) is 0 Å².